The molecule has 8 nitrogen and oxygen atoms in total. The summed E-state index contributed by atoms with van der Waals surface area (Å²) in [6.07, 6.45) is 0. The van der Waals surface area contributed by atoms with E-state index >= 15 is 0 Å². The number of halogens is 2. The Morgan fingerprint density at radius 2 is 1.79 bits per heavy atom. The maximum Gasteiger partial charge on any atom is 0.340 e. The molecule has 11 heteroatoms. The molecular formula is C22H21ClFN3O5S. The summed E-state index contributed by atoms with van der Waals surface area (Å²) in [6, 6.07) is 11.5. The molecule has 0 aliphatic heterocycles. The lowest BCUT2D eigenvalue weighted by molar-refractivity contribution is -0.119. The summed E-state index contributed by atoms with van der Waals surface area (Å²) in [7, 11) is -3.78. The second-order valence-corrected chi connectivity index (χ2v) is 9.28. The zero-order valence-corrected chi connectivity index (χ0v) is 19.3. The first kappa shape index (κ1) is 24.4. The molecule has 0 unspecified atom stereocenters. The second-order valence-electron chi connectivity index (χ2n) is 7.31. The molecule has 1 amide bonds. The number of aryl methyl sites for hydroxylation is 1. The van der Waals surface area contributed by atoms with Crippen molar-refractivity contribution < 1.29 is 27.1 Å². The third kappa shape index (κ3) is 5.98. The van der Waals surface area contributed by atoms with Crippen molar-refractivity contribution >= 4 is 39.2 Å². The smallest absolute Gasteiger partial charge is 0.340 e. The number of hydrogen-bond donors (Lipinski definition) is 2. The van der Waals surface area contributed by atoms with Crippen molar-refractivity contribution in [2.75, 3.05) is 11.9 Å². The second kappa shape index (κ2) is 9.74. The van der Waals surface area contributed by atoms with Crippen molar-refractivity contribution in [3.8, 4) is 0 Å². The normalized spacial score (nSPS) is 11.3. The highest BCUT2D eigenvalue weighted by Gasteiger charge is 2.19. The van der Waals surface area contributed by atoms with Gasteiger partial charge in [-0.3, -0.25) is 4.79 Å². The molecule has 3 N–H and O–H groups in total. The first-order valence-electron chi connectivity index (χ1n) is 9.66. The van der Waals surface area contributed by atoms with Gasteiger partial charge in [-0.2, -0.15) is 0 Å². The molecule has 174 valence electrons. The molecule has 0 radical (unpaired) electrons. The molecule has 0 atom stereocenters. The summed E-state index contributed by atoms with van der Waals surface area (Å²) in [6.45, 7) is 3.41. The quantitative estimate of drug-likeness (QED) is 0.489. The van der Waals surface area contributed by atoms with E-state index in [9.17, 15) is 22.4 Å². The number of anilines is 1. The van der Waals surface area contributed by atoms with E-state index in [1.54, 1.807) is 25.1 Å². The van der Waals surface area contributed by atoms with Gasteiger partial charge in [0.1, 0.15) is 5.82 Å². The van der Waals surface area contributed by atoms with Crippen molar-refractivity contribution in [3.05, 3.63) is 81.9 Å². The van der Waals surface area contributed by atoms with Gasteiger partial charge in [-0.25, -0.2) is 22.7 Å². The number of sulfonamides is 1. The van der Waals surface area contributed by atoms with Crippen LogP contribution in [0.25, 0.3) is 0 Å². The maximum atomic E-state index is 13.2. The van der Waals surface area contributed by atoms with E-state index in [4.69, 9.17) is 21.5 Å². The van der Waals surface area contributed by atoms with Crippen molar-refractivity contribution in [3.63, 3.8) is 0 Å². The predicted molar refractivity (Wildman–Crippen MR) is 121 cm³/mol. The minimum Gasteiger partial charge on any atom is -0.452 e. The minimum atomic E-state index is -3.78. The highest BCUT2D eigenvalue weighted by molar-refractivity contribution is 7.89. The highest BCUT2D eigenvalue weighted by atomic mass is 35.5. The highest BCUT2D eigenvalue weighted by Crippen LogP contribution is 2.20. The third-order valence-electron chi connectivity index (χ3n) is 4.92. The van der Waals surface area contributed by atoms with Crippen LogP contribution in [-0.4, -0.2) is 31.5 Å². The average Bonchev–Trinajstić information content (AvgIpc) is 3.03. The zero-order valence-electron chi connectivity index (χ0n) is 17.8. The van der Waals surface area contributed by atoms with Crippen LogP contribution >= 0.6 is 11.6 Å². The minimum absolute atomic E-state index is 0.0117. The number of esters is 1. The lowest BCUT2D eigenvalue weighted by atomic mass is 10.2. The number of ether oxygens (including phenoxy) is 1. The molecule has 3 aromatic rings. The van der Waals surface area contributed by atoms with Gasteiger partial charge in [0.2, 0.25) is 10.0 Å². The maximum absolute atomic E-state index is 13.2. The van der Waals surface area contributed by atoms with E-state index in [2.05, 4.69) is 5.32 Å². The Morgan fingerprint density at radius 1 is 1.12 bits per heavy atom. The van der Waals surface area contributed by atoms with Crippen LogP contribution in [0.2, 0.25) is 5.02 Å². The summed E-state index contributed by atoms with van der Waals surface area (Å²) in [5.41, 5.74) is 2.78. The number of carbonyl (C=O) groups excluding carboxylic acids is 2. The molecule has 0 spiro atoms. The number of nitrogens with one attached hydrogen (secondary N) is 1. The molecule has 0 aliphatic rings. The summed E-state index contributed by atoms with van der Waals surface area (Å²) < 4.78 is 43.0. The topological polar surface area (TPSA) is 120 Å². The Labute approximate surface area is 195 Å². The SMILES string of the molecule is Cc1cc(C(=O)OCC(=O)Nc2ccc(F)c(Cl)c2)c(C)n1Cc1ccc(S(N)(=O)=O)cc1. The fourth-order valence-electron chi connectivity index (χ4n) is 3.20. The summed E-state index contributed by atoms with van der Waals surface area (Å²) in [5.74, 6) is -1.89. The lowest BCUT2D eigenvalue weighted by Crippen LogP contribution is -2.21. The molecule has 0 fully saturated rings. The summed E-state index contributed by atoms with van der Waals surface area (Å²) in [5, 5.41) is 7.45. The van der Waals surface area contributed by atoms with Crippen LogP contribution in [0, 0.1) is 19.7 Å². The van der Waals surface area contributed by atoms with Gasteiger partial charge in [-0.1, -0.05) is 23.7 Å². The Morgan fingerprint density at radius 3 is 2.39 bits per heavy atom. The van der Waals surface area contributed by atoms with Crippen molar-refractivity contribution in [1.82, 2.24) is 4.57 Å². The van der Waals surface area contributed by atoms with Crippen molar-refractivity contribution in [1.29, 1.82) is 0 Å². The monoisotopic (exact) mass is 493 g/mol. The Hall–Kier alpha value is -3.21. The number of nitrogens with two attached hydrogens (primary N) is 1. The van der Waals surface area contributed by atoms with E-state index in [0.29, 0.717) is 17.8 Å². The molecule has 33 heavy (non-hydrogen) atoms. The fraction of sp³-hybridized carbons (Fsp3) is 0.182. The largest absolute Gasteiger partial charge is 0.452 e. The first-order chi connectivity index (χ1) is 15.5. The molecule has 0 bridgehead atoms. The summed E-state index contributed by atoms with van der Waals surface area (Å²) >= 11 is 5.68. The van der Waals surface area contributed by atoms with E-state index in [0.717, 1.165) is 17.3 Å². The van der Waals surface area contributed by atoms with Crippen LogP contribution in [0.5, 0.6) is 0 Å². The number of benzene rings is 2. The van der Waals surface area contributed by atoms with Gasteiger partial charge in [0.15, 0.2) is 6.61 Å². The average molecular weight is 494 g/mol. The molecule has 1 heterocycles. The van der Waals surface area contributed by atoms with Crippen LogP contribution in [-0.2, 0) is 26.1 Å². The van der Waals surface area contributed by atoms with Crippen molar-refractivity contribution in [2.24, 2.45) is 5.14 Å². The number of carbonyl (C=O) groups is 2. The lowest BCUT2D eigenvalue weighted by Gasteiger charge is -2.11. The van der Waals surface area contributed by atoms with Crippen LogP contribution in [0.4, 0.5) is 10.1 Å². The van der Waals surface area contributed by atoms with Gasteiger partial charge in [-0.15, -0.1) is 0 Å². The number of aromatic nitrogens is 1. The molecule has 0 saturated heterocycles. The predicted octanol–water partition coefficient (Wildman–Crippen LogP) is 3.39. The van der Waals surface area contributed by atoms with E-state index in [1.165, 1.54) is 24.3 Å². The van der Waals surface area contributed by atoms with Gasteiger partial charge in [0.05, 0.1) is 15.5 Å². The number of nitrogens with zero attached hydrogens (tertiary/aromatic N) is 1. The zero-order chi connectivity index (χ0) is 24.3. The van der Waals surface area contributed by atoms with E-state index in [-0.39, 0.29) is 15.6 Å². The summed E-state index contributed by atoms with van der Waals surface area (Å²) in [4.78, 5) is 24.6. The first-order valence-corrected chi connectivity index (χ1v) is 11.6. The van der Waals surface area contributed by atoms with Crippen LogP contribution < -0.4 is 10.5 Å². The molecule has 1 aromatic heterocycles. The molecular weight excluding hydrogens is 473 g/mol. The van der Waals surface area contributed by atoms with Gasteiger partial charge >= 0.3 is 5.97 Å². The van der Waals surface area contributed by atoms with Crippen LogP contribution in [0.3, 0.4) is 0 Å². The molecule has 0 aliphatic carbocycles. The number of primary sulfonamides is 1. The molecule has 0 saturated carbocycles. The van der Waals surface area contributed by atoms with Gasteiger partial charge in [0, 0.05) is 23.6 Å². The van der Waals surface area contributed by atoms with Gasteiger partial charge in [-0.05, 0) is 55.8 Å². The van der Waals surface area contributed by atoms with E-state index in [1.807, 2.05) is 11.5 Å². The molecule has 2 aromatic carbocycles. The number of amides is 1. The van der Waals surface area contributed by atoms with Gasteiger partial charge in [0.25, 0.3) is 5.91 Å². The van der Waals surface area contributed by atoms with Crippen molar-refractivity contribution in [2.45, 2.75) is 25.3 Å². The Bertz CT molecular complexity index is 1320. The number of hydrogen-bond acceptors (Lipinski definition) is 5. The van der Waals surface area contributed by atoms with Gasteiger partial charge < -0.3 is 14.6 Å². The fourth-order valence-corrected chi connectivity index (χ4v) is 3.89. The van der Waals surface area contributed by atoms with E-state index < -0.39 is 34.3 Å². The third-order valence-corrected chi connectivity index (χ3v) is 6.14. The Balaban J connectivity index is 1.65. The standard InChI is InChI=1S/C22H21ClFN3O5S/c1-13-9-18(14(2)27(13)11-15-3-6-17(7-4-15)33(25,30)31)22(29)32-12-21(28)26-16-5-8-20(24)19(23)10-16/h3-10H,11-12H2,1-2H3,(H,26,28)(H2,25,30,31). The molecule has 3 rings (SSSR count). The Kier molecular flexibility index (Phi) is 7.21. The number of rotatable bonds is 7. The van der Waals surface area contributed by atoms with Crippen LogP contribution in [0.1, 0.15) is 27.3 Å². The van der Waals surface area contributed by atoms with Crippen LogP contribution in [0.15, 0.2) is 53.4 Å².